The summed E-state index contributed by atoms with van der Waals surface area (Å²) in [5.41, 5.74) is 5.53. The van der Waals surface area contributed by atoms with Crippen molar-refractivity contribution in [3.8, 4) is 0 Å². The van der Waals surface area contributed by atoms with Gasteiger partial charge >= 0.3 is 0 Å². The SMILES string of the molecule is Cn1c(CN)nnc1SC1CC(=O)N(C2CC2)C1=O. The molecule has 2 aliphatic rings. The molecule has 8 heteroatoms. The van der Waals surface area contributed by atoms with Crippen LogP contribution in [0.4, 0.5) is 0 Å². The molecule has 0 aromatic carbocycles. The Hall–Kier alpha value is -1.41. The molecule has 0 bridgehead atoms. The lowest BCUT2D eigenvalue weighted by atomic mass is 10.4. The number of aromatic nitrogens is 3. The van der Waals surface area contributed by atoms with Gasteiger partial charge < -0.3 is 10.3 Å². The minimum Gasteiger partial charge on any atom is -0.324 e. The van der Waals surface area contributed by atoms with Crippen molar-refractivity contribution < 1.29 is 9.59 Å². The van der Waals surface area contributed by atoms with E-state index in [9.17, 15) is 9.59 Å². The average Bonchev–Trinajstić information content (AvgIpc) is 3.09. The van der Waals surface area contributed by atoms with Crippen molar-refractivity contribution >= 4 is 23.6 Å². The average molecular weight is 281 g/mol. The number of carbonyl (C=O) groups excluding carboxylic acids is 2. The molecular formula is C11H15N5O2S. The summed E-state index contributed by atoms with van der Waals surface area (Å²) in [6.45, 7) is 0.301. The van der Waals surface area contributed by atoms with Gasteiger partial charge in [-0.1, -0.05) is 11.8 Å². The third-order valence-electron chi connectivity index (χ3n) is 3.41. The summed E-state index contributed by atoms with van der Waals surface area (Å²) in [6.07, 6.45) is 2.14. The van der Waals surface area contributed by atoms with Crippen LogP contribution in [0.15, 0.2) is 5.16 Å². The molecule has 1 unspecified atom stereocenters. The van der Waals surface area contributed by atoms with E-state index < -0.39 is 0 Å². The van der Waals surface area contributed by atoms with E-state index in [1.807, 2.05) is 7.05 Å². The van der Waals surface area contributed by atoms with E-state index in [2.05, 4.69) is 10.2 Å². The third kappa shape index (κ3) is 2.14. The van der Waals surface area contributed by atoms with Crippen molar-refractivity contribution in [2.45, 2.75) is 42.3 Å². The smallest absolute Gasteiger partial charge is 0.243 e. The fraction of sp³-hybridized carbons (Fsp3) is 0.636. The quantitative estimate of drug-likeness (QED) is 0.759. The highest BCUT2D eigenvalue weighted by Gasteiger charge is 2.46. The van der Waals surface area contributed by atoms with E-state index in [4.69, 9.17) is 5.73 Å². The van der Waals surface area contributed by atoms with Gasteiger partial charge in [0, 0.05) is 19.5 Å². The fourth-order valence-electron chi connectivity index (χ4n) is 2.18. The van der Waals surface area contributed by atoms with Gasteiger partial charge in [0.2, 0.25) is 11.8 Å². The Morgan fingerprint density at radius 3 is 2.68 bits per heavy atom. The normalized spacial score (nSPS) is 23.5. The van der Waals surface area contributed by atoms with Crippen LogP contribution in [0.5, 0.6) is 0 Å². The fourth-order valence-corrected chi connectivity index (χ4v) is 3.23. The van der Waals surface area contributed by atoms with E-state index >= 15 is 0 Å². The molecule has 1 aromatic rings. The standard InChI is InChI=1S/C11H15N5O2S/c1-15-8(5-12)13-14-11(15)19-7-4-9(17)16(10(7)18)6-2-3-6/h6-7H,2-5,12H2,1H3. The second-order valence-electron chi connectivity index (χ2n) is 4.81. The minimum absolute atomic E-state index is 0.0637. The van der Waals surface area contributed by atoms with Crippen LogP contribution in [0.2, 0.25) is 0 Å². The lowest BCUT2D eigenvalue weighted by Gasteiger charge is -2.13. The molecule has 1 saturated heterocycles. The van der Waals surface area contributed by atoms with Crippen molar-refractivity contribution in [3.63, 3.8) is 0 Å². The van der Waals surface area contributed by atoms with Crippen molar-refractivity contribution in [1.82, 2.24) is 19.7 Å². The maximum atomic E-state index is 12.2. The summed E-state index contributed by atoms with van der Waals surface area (Å²) in [7, 11) is 1.81. The number of hydrogen-bond donors (Lipinski definition) is 1. The van der Waals surface area contributed by atoms with E-state index in [1.165, 1.54) is 16.7 Å². The van der Waals surface area contributed by atoms with Gasteiger partial charge in [0.15, 0.2) is 5.16 Å². The van der Waals surface area contributed by atoms with Gasteiger partial charge in [-0.05, 0) is 12.8 Å². The van der Waals surface area contributed by atoms with Gasteiger partial charge in [0.05, 0.1) is 6.54 Å². The molecule has 0 spiro atoms. The molecule has 2 amide bonds. The lowest BCUT2D eigenvalue weighted by Crippen LogP contribution is -2.33. The molecule has 1 atom stereocenters. The molecule has 19 heavy (non-hydrogen) atoms. The number of nitrogens with two attached hydrogens (primary N) is 1. The first kappa shape index (κ1) is 12.6. The highest BCUT2D eigenvalue weighted by atomic mass is 32.2. The van der Waals surface area contributed by atoms with E-state index in [0.29, 0.717) is 17.5 Å². The largest absolute Gasteiger partial charge is 0.324 e. The van der Waals surface area contributed by atoms with Gasteiger partial charge in [-0.2, -0.15) is 0 Å². The van der Waals surface area contributed by atoms with Crippen LogP contribution >= 0.6 is 11.8 Å². The minimum atomic E-state index is -0.373. The highest BCUT2D eigenvalue weighted by molar-refractivity contribution is 8.00. The summed E-state index contributed by atoms with van der Waals surface area (Å²) in [6, 6.07) is 0.143. The van der Waals surface area contributed by atoms with Crippen LogP contribution < -0.4 is 5.73 Å². The maximum Gasteiger partial charge on any atom is 0.243 e. The zero-order valence-corrected chi connectivity index (χ0v) is 11.4. The number of likely N-dealkylation sites (tertiary alicyclic amines) is 1. The Morgan fingerprint density at radius 2 is 2.11 bits per heavy atom. The van der Waals surface area contributed by atoms with Crippen molar-refractivity contribution in [2.75, 3.05) is 0 Å². The number of carbonyl (C=O) groups is 2. The molecule has 0 radical (unpaired) electrons. The molecule has 2 fully saturated rings. The first-order chi connectivity index (χ1) is 9.11. The van der Waals surface area contributed by atoms with Gasteiger partial charge in [-0.25, -0.2) is 0 Å². The molecule has 1 saturated carbocycles. The molecule has 1 aromatic heterocycles. The Labute approximate surface area is 114 Å². The molecule has 1 aliphatic carbocycles. The second-order valence-corrected chi connectivity index (χ2v) is 5.98. The first-order valence-electron chi connectivity index (χ1n) is 6.22. The maximum absolute atomic E-state index is 12.2. The second kappa shape index (κ2) is 4.61. The molecule has 1 aliphatic heterocycles. The summed E-state index contributed by atoms with van der Waals surface area (Å²) >= 11 is 1.30. The van der Waals surface area contributed by atoms with E-state index in [0.717, 1.165) is 12.8 Å². The molecule has 3 rings (SSSR count). The summed E-state index contributed by atoms with van der Waals surface area (Å²) in [5.74, 6) is 0.513. The summed E-state index contributed by atoms with van der Waals surface area (Å²) < 4.78 is 1.77. The third-order valence-corrected chi connectivity index (χ3v) is 4.63. The number of thioether (sulfide) groups is 1. The Balaban J connectivity index is 1.75. The molecule has 2 heterocycles. The summed E-state index contributed by atoms with van der Waals surface area (Å²) in [5, 5.41) is 8.21. The predicted molar refractivity (Wildman–Crippen MR) is 68.0 cm³/mol. The number of nitrogens with zero attached hydrogens (tertiary/aromatic N) is 4. The Kier molecular flexibility index (Phi) is 3.06. The highest BCUT2D eigenvalue weighted by Crippen LogP contribution is 2.36. The van der Waals surface area contributed by atoms with Crippen LogP contribution in [-0.4, -0.2) is 42.8 Å². The zero-order valence-electron chi connectivity index (χ0n) is 10.6. The van der Waals surface area contributed by atoms with Crippen molar-refractivity contribution in [1.29, 1.82) is 0 Å². The first-order valence-corrected chi connectivity index (χ1v) is 7.10. The number of hydrogen-bond acceptors (Lipinski definition) is 6. The van der Waals surface area contributed by atoms with Crippen LogP contribution in [-0.2, 0) is 23.2 Å². The predicted octanol–water partition coefficient (Wildman–Crippen LogP) is -0.344. The zero-order chi connectivity index (χ0) is 13.6. The van der Waals surface area contributed by atoms with E-state index in [-0.39, 0.29) is 29.5 Å². The van der Waals surface area contributed by atoms with Gasteiger partial charge in [0.1, 0.15) is 11.1 Å². The van der Waals surface area contributed by atoms with Gasteiger partial charge in [-0.15, -0.1) is 10.2 Å². The van der Waals surface area contributed by atoms with E-state index in [1.54, 1.807) is 4.57 Å². The van der Waals surface area contributed by atoms with Crippen LogP contribution in [0.25, 0.3) is 0 Å². The molecular weight excluding hydrogens is 266 g/mol. The van der Waals surface area contributed by atoms with Crippen molar-refractivity contribution in [2.24, 2.45) is 12.8 Å². The van der Waals surface area contributed by atoms with Gasteiger partial charge in [0.25, 0.3) is 0 Å². The van der Waals surface area contributed by atoms with Crippen LogP contribution in [0.1, 0.15) is 25.1 Å². The van der Waals surface area contributed by atoms with Crippen LogP contribution in [0.3, 0.4) is 0 Å². The molecule has 7 nitrogen and oxygen atoms in total. The van der Waals surface area contributed by atoms with Crippen molar-refractivity contribution in [3.05, 3.63) is 5.82 Å². The Bertz CT molecular complexity index is 539. The lowest BCUT2D eigenvalue weighted by molar-refractivity contribution is -0.138. The van der Waals surface area contributed by atoms with Gasteiger partial charge in [-0.3, -0.25) is 14.5 Å². The molecule has 2 N–H and O–H groups in total. The number of imide groups is 1. The summed E-state index contributed by atoms with van der Waals surface area (Å²) in [4.78, 5) is 25.5. The topological polar surface area (TPSA) is 94.1 Å². The monoisotopic (exact) mass is 281 g/mol. The number of amides is 2. The van der Waals surface area contributed by atoms with Crippen LogP contribution in [0, 0.1) is 0 Å². The number of rotatable bonds is 4. The Morgan fingerprint density at radius 1 is 1.37 bits per heavy atom. The molecule has 102 valence electrons.